The number of rotatable bonds is 8. The average molecular weight is 499 g/mol. The molecule has 0 radical (unpaired) electrons. The molecule has 3 aromatic carbocycles. The number of nitrogens with zero attached hydrogens (tertiary/aromatic N) is 1. The van der Waals surface area contributed by atoms with E-state index < -0.39 is 29.9 Å². The Morgan fingerprint density at radius 2 is 1.58 bits per heavy atom. The lowest BCUT2D eigenvalue weighted by Gasteiger charge is -2.35. The molecule has 0 saturated heterocycles. The Labute approximate surface area is 206 Å². The number of aryl methyl sites for hydroxylation is 1. The molecular formula is C27H25F3N2O4. The van der Waals surface area contributed by atoms with Crippen molar-refractivity contribution in [2.75, 3.05) is 12.0 Å². The summed E-state index contributed by atoms with van der Waals surface area (Å²) >= 11 is 0. The first-order chi connectivity index (χ1) is 17.4. The molecule has 1 N–H and O–H groups in total. The lowest BCUT2D eigenvalue weighted by molar-refractivity contribution is -0.215. The van der Waals surface area contributed by atoms with Crippen LogP contribution in [0.25, 0.3) is 0 Å². The molecular weight excluding hydrogens is 473 g/mol. The van der Waals surface area contributed by atoms with E-state index in [4.69, 9.17) is 4.74 Å². The van der Waals surface area contributed by atoms with Gasteiger partial charge in [-0.25, -0.2) is 9.74 Å². The van der Waals surface area contributed by atoms with Gasteiger partial charge in [0.15, 0.2) is 6.04 Å². The van der Waals surface area contributed by atoms with Crippen LogP contribution in [0, 0.1) is 0 Å². The molecule has 6 nitrogen and oxygen atoms in total. The van der Waals surface area contributed by atoms with Crippen LogP contribution in [0.4, 0.5) is 24.7 Å². The van der Waals surface area contributed by atoms with Crippen LogP contribution in [-0.2, 0) is 27.4 Å². The van der Waals surface area contributed by atoms with E-state index in [0.717, 1.165) is 16.0 Å². The second-order valence-electron chi connectivity index (χ2n) is 8.47. The average Bonchev–Trinajstić information content (AvgIpc) is 2.91. The van der Waals surface area contributed by atoms with Gasteiger partial charge in [0.05, 0.1) is 7.11 Å². The number of benzene rings is 3. The molecule has 4 rings (SSSR count). The van der Waals surface area contributed by atoms with Crippen molar-refractivity contribution in [3.05, 3.63) is 90.0 Å². The van der Waals surface area contributed by atoms with Crippen LogP contribution in [-0.4, -0.2) is 37.0 Å². The summed E-state index contributed by atoms with van der Waals surface area (Å²) in [6, 6.07) is 18.9. The Balaban J connectivity index is 1.72. The molecule has 9 heteroatoms. The molecule has 0 bridgehead atoms. The van der Waals surface area contributed by atoms with Crippen molar-refractivity contribution in [1.82, 2.24) is 5.32 Å². The molecule has 1 unspecified atom stereocenters. The van der Waals surface area contributed by atoms with Gasteiger partial charge < -0.3 is 4.74 Å². The summed E-state index contributed by atoms with van der Waals surface area (Å²) in [5, 5.41) is 2.66. The molecule has 0 fully saturated rings. The maximum atomic E-state index is 15.3. The molecule has 3 aromatic rings. The monoisotopic (exact) mass is 498 g/mol. The third-order valence-corrected chi connectivity index (χ3v) is 6.27. The Morgan fingerprint density at radius 1 is 0.972 bits per heavy atom. The maximum absolute atomic E-state index is 15.3. The van der Waals surface area contributed by atoms with Gasteiger partial charge in [0.25, 0.3) is 5.91 Å². The predicted octanol–water partition coefficient (Wildman–Crippen LogP) is 4.94. The van der Waals surface area contributed by atoms with E-state index in [1.54, 1.807) is 66.7 Å². The molecule has 1 aliphatic carbocycles. The number of methoxy groups -OCH3 is 1. The molecule has 1 aliphatic rings. The van der Waals surface area contributed by atoms with Crippen molar-refractivity contribution >= 4 is 23.3 Å². The summed E-state index contributed by atoms with van der Waals surface area (Å²) in [5.74, 6) is -7.46. The number of halogens is 3. The number of para-hydroxylation sites is 2. The largest absolute Gasteiger partial charge is 0.496 e. The zero-order chi connectivity index (χ0) is 25.7. The van der Waals surface area contributed by atoms with Gasteiger partial charge in [-0.1, -0.05) is 48.5 Å². The number of carbonyl (C=O) groups is 2. The van der Waals surface area contributed by atoms with E-state index >= 15 is 8.78 Å². The topological polar surface area (TPSA) is 67.9 Å². The molecule has 2 atom stereocenters. The predicted molar refractivity (Wildman–Crippen MR) is 128 cm³/mol. The highest BCUT2D eigenvalue weighted by Gasteiger charge is 2.55. The summed E-state index contributed by atoms with van der Waals surface area (Å²) in [6.45, 7) is 0. The fourth-order valence-corrected chi connectivity index (χ4v) is 4.51. The van der Waals surface area contributed by atoms with E-state index in [-0.39, 0.29) is 6.42 Å². The van der Waals surface area contributed by atoms with E-state index in [1.165, 1.54) is 7.11 Å². The minimum atomic E-state index is -4.49. The summed E-state index contributed by atoms with van der Waals surface area (Å²) < 4.78 is 48.7. The number of hydrogen-bond donors (Lipinski definition) is 1. The summed E-state index contributed by atoms with van der Waals surface area (Å²) in [5.41, 5.74) is 2.45. The molecule has 0 heterocycles. The molecule has 1 amide bonds. The van der Waals surface area contributed by atoms with Crippen LogP contribution in [0.15, 0.2) is 78.9 Å². The van der Waals surface area contributed by atoms with Crippen LogP contribution in [0.2, 0.25) is 0 Å². The van der Waals surface area contributed by atoms with Crippen LogP contribution in [0.5, 0.6) is 5.75 Å². The van der Waals surface area contributed by atoms with E-state index in [9.17, 15) is 14.1 Å². The summed E-state index contributed by atoms with van der Waals surface area (Å²) in [4.78, 5) is 29.6. The number of hydrogen-bond acceptors (Lipinski definition) is 5. The summed E-state index contributed by atoms with van der Waals surface area (Å²) in [6.07, 6.45) is 1.24. The van der Waals surface area contributed by atoms with Crippen molar-refractivity contribution in [3.63, 3.8) is 0 Å². The molecule has 36 heavy (non-hydrogen) atoms. The zero-order valence-electron chi connectivity index (χ0n) is 19.5. The Morgan fingerprint density at radius 3 is 2.14 bits per heavy atom. The highest BCUT2D eigenvalue weighted by molar-refractivity contribution is 6.06. The Hall–Kier alpha value is -3.85. The first-order valence-electron chi connectivity index (χ1n) is 11.4. The van der Waals surface area contributed by atoms with Crippen LogP contribution in [0.1, 0.15) is 17.5 Å². The molecule has 0 aliphatic heterocycles. The fraction of sp³-hybridized carbons (Fsp3) is 0.259. The van der Waals surface area contributed by atoms with Crippen LogP contribution >= 0.6 is 0 Å². The lowest BCUT2D eigenvalue weighted by Crippen LogP contribution is -2.61. The molecule has 0 saturated carbocycles. The highest BCUT2D eigenvalue weighted by atomic mass is 19.3. The SMILES string of the molecule is COc1cccc2c1CC(N[C@@H](C(=O)N(c1ccccc1)c1ccccc1)C(F)(F)C(=O)OF)CC2. The van der Waals surface area contributed by atoms with Crippen molar-refractivity contribution < 1.29 is 32.6 Å². The highest BCUT2D eigenvalue weighted by Crippen LogP contribution is 2.33. The number of ether oxygens (including phenoxy) is 1. The van der Waals surface area contributed by atoms with Gasteiger partial charge in [-0.15, -0.1) is 0 Å². The minimum Gasteiger partial charge on any atom is -0.496 e. The van der Waals surface area contributed by atoms with Crippen molar-refractivity contribution in [2.24, 2.45) is 0 Å². The van der Waals surface area contributed by atoms with Gasteiger partial charge in [0, 0.05) is 21.9 Å². The molecule has 0 spiro atoms. The third-order valence-electron chi connectivity index (χ3n) is 6.27. The van der Waals surface area contributed by atoms with Crippen molar-refractivity contribution in [1.29, 1.82) is 0 Å². The van der Waals surface area contributed by atoms with Gasteiger partial charge >= 0.3 is 11.9 Å². The number of anilines is 2. The normalized spacial score (nSPS) is 15.9. The van der Waals surface area contributed by atoms with Crippen LogP contribution < -0.4 is 15.0 Å². The second kappa shape index (κ2) is 10.8. The lowest BCUT2D eigenvalue weighted by atomic mass is 9.87. The standard InChI is InChI=1S/C27H25F3N2O4/c1-35-23-14-8-9-18-15-16-19(17-22(18)23)31-24(27(28,29)26(34)36-30)25(33)32(20-10-4-2-5-11-20)21-12-6-3-7-13-21/h2-14,19,24,31H,15-17H2,1H3/t19?,24-/m0/s1. The van der Waals surface area contributed by atoms with Crippen molar-refractivity contribution in [3.8, 4) is 5.75 Å². The van der Waals surface area contributed by atoms with E-state index in [0.29, 0.717) is 30.0 Å². The van der Waals surface area contributed by atoms with Crippen molar-refractivity contribution in [2.45, 2.75) is 37.3 Å². The Kier molecular flexibility index (Phi) is 7.59. The maximum Gasteiger partial charge on any atom is 0.419 e. The fourth-order valence-electron chi connectivity index (χ4n) is 4.51. The third kappa shape index (κ3) is 5.06. The number of nitrogens with one attached hydrogen (secondary N) is 1. The molecule has 0 aromatic heterocycles. The smallest absolute Gasteiger partial charge is 0.419 e. The molecule has 188 valence electrons. The number of alkyl halides is 2. The van der Waals surface area contributed by atoms with Gasteiger partial charge in [0.1, 0.15) is 5.75 Å². The van der Waals surface area contributed by atoms with Gasteiger partial charge in [-0.2, -0.15) is 8.78 Å². The van der Waals surface area contributed by atoms with Crippen LogP contribution in [0.3, 0.4) is 0 Å². The van der Waals surface area contributed by atoms with Gasteiger partial charge in [-0.3, -0.25) is 15.0 Å². The number of amides is 1. The zero-order valence-corrected chi connectivity index (χ0v) is 19.5. The first-order valence-corrected chi connectivity index (χ1v) is 11.4. The van der Waals surface area contributed by atoms with Gasteiger partial charge in [-0.05, 0) is 60.7 Å². The quantitative estimate of drug-likeness (QED) is 0.477. The number of carbonyl (C=O) groups excluding carboxylic acids is 2. The first kappa shape index (κ1) is 25.2. The van der Waals surface area contributed by atoms with E-state index in [1.807, 2.05) is 12.1 Å². The minimum absolute atomic E-state index is 0.278. The second-order valence-corrected chi connectivity index (χ2v) is 8.47. The summed E-state index contributed by atoms with van der Waals surface area (Å²) in [7, 11) is 1.52. The van der Waals surface area contributed by atoms with E-state index in [2.05, 4.69) is 10.3 Å². The van der Waals surface area contributed by atoms with Gasteiger partial charge in [0.2, 0.25) is 0 Å². The Bertz CT molecular complexity index is 1150. The number of fused-ring (bicyclic) bond motifs is 1.